The van der Waals surface area contributed by atoms with Crippen LogP contribution in [-0.2, 0) is 9.53 Å². The van der Waals surface area contributed by atoms with Gasteiger partial charge in [0.2, 0.25) is 0 Å². The highest BCUT2D eigenvalue weighted by atomic mass is 19.2. The van der Waals surface area contributed by atoms with E-state index >= 15 is 0 Å². The zero-order valence-electron chi connectivity index (χ0n) is 10.3. The summed E-state index contributed by atoms with van der Waals surface area (Å²) in [7, 11) is 1.13. The van der Waals surface area contributed by atoms with E-state index in [0.29, 0.717) is 6.07 Å². The van der Waals surface area contributed by atoms with Gasteiger partial charge >= 0.3 is 5.97 Å². The maximum atomic E-state index is 13.6. The van der Waals surface area contributed by atoms with Gasteiger partial charge in [-0.05, 0) is 26.0 Å². The van der Waals surface area contributed by atoms with Crippen molar-refractivity contribution in [2.75, 3.05) is 7.11 Å². The molecule has 0 fully saturated rings. The van der Waals surface area contributed by atoms with Crippen LogP contribution in [0.5, 0.6) is 0 Å². The fourth-order valence-corrected chi connectivity index (χ4v) is 1.58. The molecular formula is C12H14F3NO2. The maximum absolute atomic E-state index is 13.6. The first kappa shape index (κ1) is 14.5. The van der Waals surface area contributed by atoms with Crippen molar-refractivity contribution in [3.63, 3.8) is 0 Å². The number of ether oxygens (including phenoxy) is 1. The summed E-state index contributed by atoms with van der Waals surface area (Å²) in [4.78, 5) is 11.5. The molecule has 0 amide bonds. The van der Waals surface area contributed by atoms with Gasteiger partial charge in [-0.15, -0.1) is 0 Å². The van der Waals surface area contributed by atoms with Gasteiger partial charge in [0.25, 0.3) is 0 Å². The Hall–Kier alpha value is -1.56. The smallest absolute Gasteiger partial charge is 0.313 e. The highest BCUT2D eigenvalue weighted by molar-refractivity contribution is 5.77. The molecule has 2 N–H and O–H groups in total. The number of nitrogens with two attached hydrogens (primary N) is 1. The molecule has 0 radical (unpaired) electrons. The second-order valence-corrected chi connectivity index (χ2v) is 4.45. The van der Waals surface area contributed by atoms with Crippen molar-refractivity contribution in [2.45, 2.75) is 19.9 Å². The predicted molar refractivity (Wildman–Crippen MR) is 59.0 cm³/mol. The Bertz CT molecular complexity index is 475. The van der Waals surface area contributed by atoms with Crippen LogP contribution in [0.2, 0.25) is 0 Å². The number of rotatable bonds is 3. The highest BCUT2D eigenvalue weighted by Crippen LogP contribution is 2.35. The summed E-state index contributed by atoms with van der Waals surface area (Å²) in [6.45, 7) is 2.74. The van der Waals surface area contributed by atoms with E-state index in [4.69, 9.17) is 5.73 Å². The molecule has 0 bridgehead atoms. The van der Waals surface area contributed by atoms with Gasteiger partial charge in [-0.25, -0.2) is 13.2 Å². The normalized spacial score (nSPS) is 13.3. The second kappa shape index (κ2) is 4.97. The van der Waals surface area contributed by atoms with E-state index in [-0.39, 0.29) is 0 Å². The zero-order chi connectivity index (χ0) is 14.1. The van der Waals surface area contributed by atoms with Gasteiger partial charge in [-0.2, -0.15) is 0 Å². The van der Waals surface area contributed by atoms with Crippen LogP contribution in [0.4, 0.5) is 13.2 Å². The minimum absolute atomic E-state index is 0.659. The third-order valence-electron chi connectivity index (χ3n) is 2.88. The lowest BCUT2D eigenvalue weighted by Gasteiger charge is -2.29. The van der Waals surface area contributed by atoms with Crippen LogP contribution < -0.4 is 5.73 Å². The molecule has 100 valence electrons. The topological polar surface area (TPSA) is 52.3 Å². The molecule has 0 spiro atoms. The van der Waals surface area contributed by atoms with Gasteiger partial charge in [0.1, 0.15) is 5.82 Å². The summed E-state index contributed by atoms with van der Waals surface area (Å²) in [6.07, 6.45) is 0. The maximum Gasteiger partial charge on any atom is 0.313 e. The third kappa shape index (κ3) is 2.33. The van der Waals surface area contributed by atoms with Crippen molar-refractivity contribution in [1.29, 1.82) is 0 Å². The molecule has 0 unspecified atom stereocenters. The van der Waals surface area contributed by atoms with Crippen molar-refractivity contribution in [3.05, 3.63) is 35.1 Å². The average molecular weight is 261 g/mol. The number of hydrogen-bond acceptors (Lipinski definition) is 3. The fraction of sp³-hybridized carbons (Fsp3) is 0.417. The standard InChI is InChI=1S/C12H14F3NO2/c1-12(2,11(17)18-3)10(16)8-6(13)4-5-7(14)9(8)15/h4-5,10H,16H2,1-3H3/t10-/m0/s1. The predicted octanol–water partition coefficient (Wildman–Crippen LogP) is 2.30. The molecule has 0 aliphatic carbocycles. The lowest BCUT2D eigenvalue weighted by molar-refractivity contribution is -0.152. The average Bonchev–Trinajstić information content (AvgIpc) is 2.33. The quantitative estimate of drug-likeness (QED) is 0.671. The molecule has 3 nitrogen and oxygen atoms in total. The second-order valence-electron chi connectivity index (χ2n) is 4.45. The minimum Gasteiger partial charge on any atom is -0.469 e. The summed E-state index contributed by atoms with van der Waals surface area (Å²) in [5.74, 6) is -4.35. The van der Waals surface area contributed by atoms with E-state index in [1.54, 1.807) is 0 Å². The fourth-order valence-electron chi connectivity index (χ4n) is 1.58. The summed E-state index contributed by atoms with van der Waals surface area (Å²) in [5.41, 5.74) is 3.63. The first-order valence-electron chi connectivity index (χ1n) is 5.20. The van der Waals surface area contributed by atoms with Crippen molar-refractivity contribution in [1.82, 2.24) is 0 Å². The Labute approximate surface area is 103 Å². The number of carbonyl (C=O) groups is 1. The Kier molecular flexibility index (Phi) is 4.01. The van der Waals surface area contributed by atoms with E-state index in [0.717, 1.165) is 13.2 Å². The SMILES string of the molecule is COC(=O)C(C)(C)[C@@H](N)c1c(F)ccc(F)c1F. The monoisotopic (exact) mass is 261 g/mol. The van der Waals surface area contributed by atoms with Crippen molar-refractivity contribution >= 4 is 5.97 Å². The lowest BCUT2D eigenvalue weighted by atomic mass is 9.80. The Balaban J connectivity index is 3.31. The Morgan fingerprint density at radius 1 is 1.28 bits per heavy atom. The Morgan fingerprint density at radius 2 is 1.78 bits per heavy atom. The number of esters is 1. The number of hydrogen-bond donors (Lipinski definition) is 1. The van der Waals surface area contributed by atoms with Gasteiger partial charge in [-0.1, -0.05) is 0 Å². The third-order valence-corrected chi connectivity index (χ3v) is 2.88. The van der Waals surface area contributed by atoms with Crippen molar-refractivity contribution in [2.24, 2.45) is 11.1 Å². The molecule has 0 saturated heterocycles. The van der Waals surface area contributed by atoms with Gasteiger partial charge < -0.3 is 10.5 Å². The molecule has 0 aliphatic heterocycles. The van der Waals surface area contributed by atoms with Crippen LogP contribution >= 0.6 is 0 Å². The van der Waals surface area contributed by atoms with Crippen LogP contribution in [0.3, 0.4) is 0 Å². The Morgan fingerprint density at radius 3 is 2.28 bits per heavy atom. The van der Waals surface area contributed by atoms with Crippen molar-refractivity contribution < 1.29 is 22.7 Å². The zero-order valence-corrected chi connectivity index (χ0v) is 10.3. The van der Waals surface area contributed by atoms with E-state index in [9.17, 15) is 18.0 Å². The minimum atomic E-state index is -1.39. The molecule has 1 aromatic rings. The summed E-state index contributed by atoms with van der Waals surface area (Å²) < 4.78 is 44.7. The van der Waals surface area contributed by atoms with E-state index in [1.807, 2.05) is 0 Å². The van der Waals surface area contributed by atoms with Gasteiger partial charge in [-0.3, -0.25) is 4.79 Å². The molecule has 0 saturated carbocycles. The summed E-state index contributed by atoms with van der Waals surface area (Å²) >= 11 is 0. The number of carbonyl (C=O) groups excluding carboxylic acids is 1. The molecule has 18 heavy (non-hydrogen) atoms. The van der Waals surface area contributed by atoms with Gasteiger partial charge in [0.05, 0.1) is 18.6 Å². The van der Waals surface area contributed by atoms with E-state index in [2.05, 4.69) is 4.74 Å². The van der Waals surface area contributed by atoms with Crippen LogP contribution in [-0.4, -0.2) is 13.1 Å². The summed E-state index contributed by atoms with van der Waals surface area (Å²) in [6, 6.07) is 0.0631. The molecule has 1 atom stereocenters. The van der Waals surface area contributed by atoms with Crippen LogP contribution in [0.1, 0.15) is 25.5 Å². The van der Waals surface area contributed by atoms with Gasteiger partial charge in [0.15, 0.2) is 11.6 Å². The first-order chi connectivity index (χ1) is 8.23. The molecule has 1 aromatic carbocycles. The van der Waals surface area contributed by atoms with Crippen LogP contribution in [0.25, 0.3) is 0 Å². The molecule has 0 heterocycles. The molecule has 1 rings (SSSR count). The molecule has 0 aliphatic rings. The lowest BCUT2D eigenvalue weighted by Crippen LogP contribution is -2.38. The largest absolute Gasteiger partial charge is 0.469 e. The van der Waals surface area contributed by atoms with E-state index < -0.39 is 40.4 Å². The number of halogens is 3. The van der Waals surface area contributed by atoms with Crippen molar-refractivity contribution in [3.8, 4) is 0 Å². The number of methoxy groups -OCH3 is 1. The number of benzene rings is 1. The van der Waals surface area contributed by atoms with Crippen LogP contribution in [0.15, 0.2) is 12.1 Å². The summed E-state index contributed by atoms with van der Waals surface area (Å²) in [5, 5.41) is 0. The first-order valence-corrected chi connectivity index (χ1v) is 5.20. The van der Waals surface area contributed by atoms with E-state index in [1.165, 1.54) is 13.8 Å². The molecular weight excluding hydrogens is 247 g/mol. The molecule has 0 aromatic heterocycles. The van der Waals surface area contributed by atoms with Crippen LogP contribution in [0, 0.1) is 22.9 Å². The highest BCUT2D eigenvalue weighted by Gasteiger charge is 2.39. The molecule has 6 heteroatoms. The van der Waals surface area contributed by atoms with Gasteiger partial charge in [0, 0.05) is 5.56 Å².